The van der Waals surface area contributed by atoms with Gasteiger partial charge in [0.15, 0.2) is 5.78 Å². The van der Waals surface area contributed by atoms with Gasteiger partial charge in [-0.2, -0.15) is 0 Å². The zero-order valence-electron chi connectivity index (χ0n) is 16.1. The zero-order chi connectivity index (χ0) is 18.4. The van der Waals surface area contributed by atoms with E-state index in [0.29, 0.717) is 31.3 Å². The molecule has 0 aromatic heterocycles. The highest BCUT2D eigenvalue weighted by molar-refractivity contribution is 5.92. The van der Waals surface area contributed by atoms with Gasteiger partial charge in [0.05, 0.1) is 6.61 Å². The van der Waals surface area contributed by atoms with Crippen LogP contribution in [0.3, 0.4) is 0 Å². The Morgan fingerprint density at radius 1 is 1.12 bits per heavy atom. The van der Waals surface area contributed by atoms with Crippen molar-refractivity contribution in [3.63, 3.8) is 0 Å². The second-order valence-electron chi connectivity index (χ2n) is 9.17. The van der Waals surface area contributed by atoms with E-state index < -0.39 is 0 Å². The van der Waals surface area contributed by atoms with E-state index in [2.05, 4.69) is 32.1 Å². The number of ketones is 1. The average Bonchev–Trinajstić information content (AvgIpc) is 2.61. The normalized spacial score (nSPS) is 40.4. The number of allylic oxidation sites excluding steroid dienone is 6. The maximum Gasteiger partial charge on any atom is 0.305 e. The van der Waals surface area contributed by atoms with E-state index in [-0.39, 0.29) is 22.6 Å². The van der Waals surface area contributed by atoms with E-state index in [1.165, 1.54) is 24.0 Å². The first-order valence-corrected chi connectivity index (χ1v) is 10.2. The molecule has 1 heterocycles. The van der Waals surface area contributed by atoms with Gasteiger partial charge in [-0.05, 0) is 43.3 Å². The van der Waals surface area contributed by atoms with Crippen molar-refractivity contribution >= 4 is 11.8 Å². The molecule has 26 heavy (non-hydrogen) atoms. The predicted octanol–water partition coefficient (Wildman–Crippen LogP) is 4.93. The van der Waals surface area contributed by atoms with Gasteiger partial charge in [0.1, 0.15) is 0 Å². The molecule has 0 N–H and O–H groups in total. The minimum atomic E-state index is -0.0381. The highest BCUT2D eigenvalue weighted by atomic mass is 16.5. The Bertz CT molecular complexity index is 713. The van der Waals surface area contributed by atoms with E-state index in [1.54, 1.807) is 0 Å². The lowest BCUT2D eigenvalue weighted by Gasteiger charge is -2.52. The minimum Gasteiger partial charge on any atom is -0.465 e. The molecule has 4 atom stereocenters. The van der Waals surface area contributed by atoms with Crippen LogP contribution in [0, 0.1) is 22.7 Å². The molecule has 0 amide bonds. The standard InChI is InChI=1S/C23H30O3/c1-22-12-11-20-18(9-8-16-14-17(24)10-13-23(16,20)2)19(22)6-4-3-5-7-21(25)26-15-22/h8-9,11,14,18-19H,3-7,10,12-13,15H2,1-2H3/t18?,19?,22-,23+/m1/s1. The van der Waals surface area contributed by atoms with Gasteiger partial charge in [0.25, 0.3) is 0 Å². The lowest BCUT2D eigenvalue weighted by Crippen LogP contribution is -2.45. The van der Waals surface area contributed by atoms with Crippen LogP contribution in [0.15, 0.2) is 35.5 Å². The summed E-state index contributed by atoms with van der Waals surface area (Å²) in [6.07, 6.45) is 16.3. The first-order valence-electron chi connectivity index (χ1n) is 10.2. The van der Waals surface area contributed by atoms with Crippen LogP contribution in [0.1, 0.15) is 65.2 Å². The summed E-state index contributed by atoms with van der Waals surface area (Å²) in [4.78, 5) is 23.9. The van der Waals surface area contributed by atoms with Gasteiger partial charge in [-0.3, -0.25) is 9.59 Å². The van der Waals surface area contributed by atoms with Gasteiger partial charge in [0.2, 0.25) is 0 Å². The molecule has 140 valence electrons. The Kier molecular flexibility index (Phi) is 4.45. The summed E-state index contributed by atoms with van der Waals surface area (Å²) in [7, 11) is 0. The number of ether oxygens (including phenoxy) is 1. The summed E-state index contributed by atoms with van der Waals surface area (Å²) < 4.78 is 5.67. The molecule has 0 spiro atoms. The molecule has 3 nitrogen and oxygen atoms in total. The Labute approximate surface area is 156 Å². The van der Waals surface area contributed by atoms with Crippen LogP contribution in [-0.2, 0) is 14.3 Å². The summed E-state index contributed by atoms with van der Waals surface area (Å²) in [5.41, 5.74) is 2.70. The number of carbonyl (C=O) groups is 2. The molecular formula is C23H30O3. The van der Waals surface area contributed by atoms with E-state index in [4.69, 9.17) is 4.74 Å². The van der Waals surface area contributed by atoms with Gasteiger partial charge in [-0.25, -0.2) is 0 Å². The Morgan fingerprint density at radius 3 is 2.81 bits per heavy atom. The van der Waals surface area contributed by atoms with Gasteiger partial charge < -0.3 is 4.74 Å². The number of hydrogen-bond acceptors (Lipinski definition) is 3. The van der Waals surface area contributed by atoms with Crippen molar-refractivity contribution in [1.29, 1.82) is 0 Å². The predicted molar refractivity (Wildman–Crippen MR) is 101 cm³/mol. The summed E-state index contributed by atoms with van der Waals surface area (Å²) in [6, 6.07) is 0. The lowest BCUT2D eigenvalue weighted by molar-refractivity contribution is -0.149. The van der Waals surface area contributed by atoms with Gasteiger partial charge >= 0.3 is 5.97 Å². The molecular weight excluding hydrogens is 324 g/mol. The smallest absolute Gasteiger partial charge is 0.305 e. The van der Waals surface area contributed by atoms with Gasteiger partial charge in [-0.1, -0.05) is 50.5 Å². The zero-order valence-corrected chi connectivity index (χ0v) is 16.1. The molecule has 0 saturated carbocycles. The monoisotopic (exact) mass is 354 g/mol. The minimum absolute atomic E-state index is 0.000646. The number of cyclic esters (lactones) is 1. The molecule has 4 rings (SSSR count). The maximum atomic E-state index is 12.0. The fourth-order valence-corrected chi connectivity index (χ4v) is 5.61. The molecule has 0 bridgehead atoms. The van der Waals surface area contributed by atoms with Crippen molar-refractivity contribution in [3.05, 3.63) is 35.5 Å². The van der Waals surface area contributed by atoms with Crippen LogP contribution in [0.2, 0.25) is 0 Å². The van der Waals surface area contributed by atoms with Crippen molar-refractivity contribution in [3.8, 4) is 0 Å². The van der Waals surface area contributed by atoms with E-state index >= 15 is 0 Å². The highest BCUT2D eigenvalue weighted by Crippen LogP contribution is 2.58. The third kappa shape index (κ3) is 2.90. The van der Waals surface area contributed by atoms with Crippen molar-refractivity contribution in [2.24, 2.45) is 22.7 Å². The van der Waals surface area contributed by atoms with Crippen LogP contribution < -0.4 is 0 Å². The third-order valence-electron chi connectivity index (χ3n) is 7.38. The van der Waals surface area contributed by atoms with Crippen LogP contribution in [0.5, 0.6) is 0 Å². The number of carbonyl (C=O) groups excluding carboxylic acids is 2. The molecule has 0 aromatic rings. The van der Waals surface area contributed by atoms with Crippen molar-refractivity contribution in [2.45, 2.75) is 65.2 Å². The fourth-order valence-electron chi connectivity index (χ4n) is 5.61. The SMILES string of the molecule is C[C@]12CCC(=O)C=C1C=CC1C2=CC[C@]2(C)COC(=O)CCCCCC12. The Morgan fingerprint density at radius 2 is 1.96 bits per heavy atom. The van der Waals surface area contributed by atoms with E-state index in [0.717, 1.165) is 25.7 Å². The molecule has 2 unspecified atom stereocenters. The van der Waals surface area contributed by atoms with E-state index in [9.17, 15) is 9.59 Å². The van der Waals surface area contributed by atoms with Crippen LogP contribution in [0.25, 0.3) is 0 Å². The molecule has 1 fully saturated rings. The van der Waals surface area contributed by atoms with Crippen LogP contribution >= 0.6 is 0 Å². The molecule has 0 aromatic carbocycles. The molecule has 4 aliphatic rings. The summed E-state index contributed by atoms with van der Waals surface area (Å²) >= 11 is 0. The molecule has 3 heteroatoms. The molecule has 0 radical (unpaired) electrons. The summed E-state index contributed by atoms with van der Waals surface area (Å²) in [5, 5.41) is 0. The van der Waals surface area contributed by atoms with Gasteiger partial charge in [0, 0.05) is 29.6 Å². The summed E-state index contributed by atoms with van der Waals surface area (Å²) in [5.74, 6) is 1.12. The number of esters is 1. The lowest BCUT2D eigenvalue weighted by atomic mass is 9.53. The summed E-state index contributed by atoms with van der Waals surface area (Å²) in [6.45, 7) is 5.14. The van der Waals surface area contributed by atoms with Crippen molar-refractivity contribution in [2.75, 3.05) is 6.61 Å². The van der Waals surface area contributed by atoms with Crippen LogP contribution in [-0.4, -0.2) is 18.4 Å². The number of hydrogen-bond donors (Lipinski definition) is 0. The number of fused-ring (bicyclic) bond motifs is 5. The first kappa shape index (κ1) is 17.8. The van der Waals surface area contributed by atoms with Gasteiger partial charge in [-0.15, -0.1) is 0 Å². The topological polar surface area (TPSA) is 43.4 Å². The second-order valence-corrected chi connectivity index (χ2v) is 9.17. The highest BCUT2D eigenvalue weighted by Gasteiger charge is 2.49. The van der Waals surface area contributed by atoms with E-state index in [1.807, 2.05) is 6.08 Å². The number of rotatable bonds is 0. The quantitative estimate of drug-likeness (QED) is 0.458. The fraction of sp³-hybridized carbons (Fsp3) is 0.652. The Hall–Kier alpha value is -1.64. The maximum absolute atomic E-state index is 12.0. The van der Waals surface area contributed by atoms with Crippen LogP contribution in [0.4, 0.5) is 0 Å². The largest absolute Gasteiger partial charge is 0.465 e. The average molecular weight is 354 g/mol. The Balaban J connectivity index is 1.71. The van der Waals surface area contributed by atoms with Crippen molar-refractivity contribution in [1.82, 2.24) is 0 Å². The first-order chi connectivity index (χ1) is 12.4. The molecule has 1 saturated heterocycles. The van der Waals surface area contributed by atoms with Crippen molar-refractivity contribution < 1.29 is 14.3 Å². The molecule has 3 aliphatic carbocycles. The third-order valence-corrected chi connectivity index (χ3v) is 7.38. The second kappa shape index (κ2) is 6.51. The molecule has 1 aliphatic heterocycles.